The summed E-state index contributed by atoms with van der Waals surface area (Å²) < 4.78 is 0. The molecule has 0 amide bonds. The second kappa shape index (κ2) is 5.76. The molecule has 5 nitrogen and oxygen atoms in total. The number of rotatable bonds is 4. The lowest BCUT2D eigenvalue weighted by Gasteiger charge is -2.14. The number of aromatic amines is 2. The quantitative estimate of drug-likeness (QED) is 0.592. The zero-order valence-corrected chi connectivity index (χ0v) is 14.5. The molecular weight excluding hydrogens is 304 g/mol. The highest BCUT2D eigenvalue weighted by molar-refractivity contribution is 6.17. The van der Waals surface area contributed by atoms with Gasteiger partial charge in [-0.2, -0.15) is 0 Å². The first-order valence-electron chi connectivity index (χ1n) is 8.28. The first-order chi connectivity index (χ1) is 11.2. The fourth-order valence-electron chi connectivity index (χ4n) is 3.09. The molecule has 128 valence electrons. The maximum Gasteiger partial charge on any atom is 0.211 e. The van der Waals surface area contributed by atoms with Crippen molar-refractivity contribution in [2.45, 2.75) is 39.9 Å². The van der Waals surface area contributed by atoms with Crippen molar-refractivity contribution in [1.29, 1.82) is 0 Å². The summed E-state index contributed by atoms with van der Waals surface area (Å²) in [6.45, 7) is 11.8. The van der Waals surface area contributed by atoms with Gasteiger partial charge in [-0.25, -0.2) is 0 Å². The summed E-state index contributed by atoms with van der Waals surface area (Å²) in [5.74, 6) is -0.0637. The van der Waals surface area contributed by atoms with Gasteiger partial charge in [0.05, 0.1) is 29.2 Å². The molecule has 2 atom stereocenters. The monoisotopic (exact) mass is 328 g/mol. The largest absolute Gasteiger partial charge is 0.387 e. The van der Waals surface area contributed by atoms with E-state index >= 15 is 0 Å². The van der Waals surface area contributed by atoms with Crippen LogP contribution in [-0.4, -0.2) is 26.0 Å². The Hall–Kier alpha value is -2.11. The predicted molar refractivity (Wildman–Crippen MR) is 92.7 cm³/mol. The first-order valence-corrected chi connectivity index (χ1v) is 8.28. The normalized spacial score (nSPS) is 16.5. The van der Waals surface area contributed by atoms with Crippen molar-refractivity contribution in [3.8, 4) is 0 Å². The average Bonchev–Trinajstić information content (AvgIpc) is 3.16. The van der Waals surface area contributed by atoms with Gasteiger partial charge >= 0.3 is 0 Å². The van der Waals surface area contributed by atoms with E-state index in [1.54, 1.807) is 12.1 Å². The number of hydrogen-bond donors (Lipinski definition) is 4. The van der Waals surface area contributed by atoms with Crippen molar-refractivity contribution in [3.63, 3.8) is 0 Å². The standard InChI is InChI=1S/C19H24N2O3/c1-8(2)17(22)13-6-11-10(5)15-12(19(24)16(11)21-13)7-14(20-15)18(23)9(3)4/h6-9,17-18,20-23H,5H2,1-4H3. The average molecular weight is 328 g/mol. The summed E-state index contributed by atoms with van der Waals surface area (Å²) >= 11 is 0. The van der Waals surface area contributed by atoms with E-state index in [1.165, 1.54) is 0 Å². The maximum atomic E-state index is 12.8. The number of carbonyl (C=O) groups excluding carboxylic acids is 1. The molecule has 0 fully saturated rings. The van der Waals surface area contributed by atoms with Gasteiger partial charge in [0.2, 0.25) is 5.78 Å². The van der Waals surface area contributed by atoms with Crippen LogP contribution in [0.15, 0.2) is 18.7 Å². The van der Waals surface area contributed by atoms with E-state index in [9.17, 15) is 15.0 Å². The van der Waals surface area contributed by atoms with E-state index < -0.39 is 12.2 Å². The van der Waals surface area contributed by atoms with E-state index in [4.69, 9.17) is 0 Å². The molecule has 0 aliphatic heterocycles. The molecule has 2 heterocycles. The fraction of sp³-hybridized carbons (Fsp3) is 0.421. The third kappa shape index (κ3) is 2.44. The van der Waals surface area contributed by atoms with E-state index in [-0.39, 0.29) is 17.6 Å². The zero-order chi connectivity index (χ0) is 17.8. The Kier molecular flexibility index (Phi) is 4.01. The summed E-state index contributed by atoms with van der Waals surface area (Å²) in [6.07, 6.45) is -1.32. The number of aliphatic hydroxyl groups is 2. The van der Waals surface area contributed by atoms with Gasteiger partial charge < -0.3 is 20.2 Å². The van der Waals surface area contributed by atoms with E-state index in [0.717, 1.165) is 0 Å². The van der Waals surface area contributed by atoms with Crippen LogP contribution in [0, 0.1) is 11.8 Å². The maximum absolute atomic E-state index is 12.8. The summed E-state index contributed by atoms with van der Waals surface area (Å²) in [7, 11) is 0. The van der Waals surface area contributed by atoms with Gasteiger partial charge in [0.1, 0.15) is 0 Å². The lowest BCUT2D eigenvalue weighted by atomic mass is 9.90. The van der Waals surface area contributed by atoms with Gasteiger partial charge in [0.15, 0.2) is 0 Å². The van der Waals surface area contributed by atoms with E-state index in [1.807, 2.05) is 27.7 Å². The van der Waals surface area contributed by atoms with Gasteiger partial charge in [-0.1, -0.05) is 34.3 Å². The Balaban J connectivity index is 2.05. The van der Waals surface area contributed by atoms with Crippen molar-refractivity contribution in [3.05, 3.63) is 52.6 Å². The highest BCUT2D eigenvalue weighted by Crippen LogP contribution is 2.38. The molecule has 2 aromatic rings. The number of carbonyl (C=O) groups is 1. The van der Waals surface area contributed by atoms with Gasteiger partial charge in [0, 0.05) is 22.5 Å². The Bertz CT molecular complexity index is 695. The van der Waals surface area contributed by atoms with Crippen molar-refractivity contribution in [2.75, 3.05) is 0 Å². The van der Waals surface area contributed by atoms with Crippen molar-refractivity contribution >= 4 is 11.4 Å². The highest BCUT2D eigenvalue weighted by Gasteiger charge is 2.32. The Morgan fingerprint density at radius 2 is 1.33 bits per heavy atom. The van der Waals surface area contributed by atoms with Crippen LogP contribution in [0.4, 0.5) is 0 Å². The molecule has 3 rings (SSSR count). The van der Waals surface area contributed by atoms with Crippen LogP contribution in [0.2, 0.25) is 0 Å². The Labute approximate surface area is 141 Å². The molecule has 5 heteroatoms. The van der Waals surface area contributed by atoms with E-state index in [0.29, 0.717) is 39.5 Å². The summed E-state index contributed by atoms with van der Waals surface area (Å²) in [5, 5.41) is 20.5. The van der Waals surface area contributed by atoms with Crippen LogP contribution in [0.25, 0.3) is 5.57 Å². The molecule has 0 radical (unpaired) electrons. The third-order valence-electron chi connectivity index (χ3n) is 4.68. The number of aromatic nitrogens is 2. The van der Waals surface area contributed by atoms with Gasteiger partial charge in [-0.05, 0) is 24.0 Å². The van der Waals surface area contributed by atoms with Gasteiger partial charge in [-0.3, -0.25) is 4.79 Å². The number of aliphatic hydroxyl groups excluding tert-OH is 2. The van der Waals surface area contributed by atoms with Crippen molar-refractivity contribution in [2.24, 2.45) is 11.8 Å². The van der Waals surface area contributed by atoms with Crippen LogP contribution in [0.3, 0.4) is 0 Å². The molecule has 2 unspecified atom stereocenters. The van der Waals surface area contributed by atoms with Crippen LogP contribution in [-0.2, 0) is 0 Å². The minimum Gasteiger partial charge on any atom is -0.387 e. The molecule has 0 bridgehead atoms. The Morgan fingerprint density at radius 3 is 1.83 bits per heavy atom. The molecule has 0 saturated carbocycles. The topological polar surface area (TPSA) is 89.1 Å². The molecule has 2 aromatic heterocycles. The molecule has 4 N–H and O–H groups in total. The molecule has 1 aliphatic rings. The Morgan fingerprint density at radius 1 is 0.875 bits per heavy atom. The van der Waals surface area contributed by atoms with Crippen molar-refractivity contribution < 1.29 is 15.0 Å². The van der Waals surface area contributed by atoms with Gasteiger partial charge in [0.25, 0.3) is 0 Å². The molecule has 24 heavy (non-hydrogen) atoms. The fourth-order valence-corrected chi connectivity index (χ4v) is 3.09. The number of H-pyrrole nitrogens is 2. The lowest BCUT2D eigenvalue weighted by molar-refractivity contribution is 0.103. The first kappa shape index (κ1) is 16.7. The van der Waals surface area contributed by atoms with Crippen LogP contribution < -0.4 is 0 Å². The molecule has 0 aromatic carbocycles. The van der Waals surface area contributed by atoms with E-state index in [2.05, 4.69) is 16.5 Å². The predicted octanol–water partition coefficient (Wildman–Crippen LogP) is 3.33. The number of hydrogen-bond acceptors (Lipinski definition) is 3. The molecular formula is C19H24N2O3. The minimum absolute atomic E-state index is 0.0408. The number of ketones is 1. The van der Waals surface area contributed by atoms with Crippen LogP contribution in [0.1, 0.15) is 78.6 Å². The highest BCUT2D eigenvalue weighted by atomic mass is 16.3. The molecule has 0 spiro atoms. The summed E-state index contributed by atoms with van der Waals surface area (Å²) in [5.41, 5.74) is 4.25. The minimum atomic E-state index is -0.659. The third-order valence-corrected chi connectivity index (χ3v) is 4.68. The summed E-state index contributed by atoms with van der Waals surface area (Å²) in [6, 6.07) is 3.50. The molecule has 1 aliphatic carbocycles. The van der Waals surface area contributed by atoms with Gasteiger partial charge in [-0.15, -0.1) is 0 Å². The number of fused-ring (bicyclic) bond motifs is 2. The zero-order valence-electron chi connectivity index (χ0n) is 14.5. The number of nitrogens with one attached hydrogen (secondary N) is 2. The molecule has 0 saturated heterocycles. The SMILES string of the molecule is C=C1c2cc(C(O)C(C)C)[nH]c2C(=O)c2cc(C(O)C(C)C)[nH]c21. The second-order valence-electron chi connectivity index (χ2n) is 7.21. The van der Waals surface area contributed by atoms with Crippen molar-refractivity contribution in [1.82, 2.24) is 9.97 Å². The smallest absolute Gasteiger partial charge is 0.211 e. The van der Waals surface area contributed by atoms with Crippen LogP contribution >= 0.6 is 0 Å². The lowest BCUT2D eigenvalue weighted by Crippen LogP contribution is -2.12. The van der Waals surface area contributed by atoms with Crippen LogP contribution in [0.5, 0.6) is 0 Å². The second-order valence-corrected chi connectivity index (χ2v) is 7.21. The summed E-state index contributed by atoms with van der Waals surface area (Å²) in [4.78, 5) is 19.0.